The Morgan fingerprint density at radius 3 is 2.73 bits per heavy atom. The molecule has 2 nitrogen and oxygen atoms in total. The Morgan fingerprint density at radius 2 is 2.05 bits per heavy atom. The van der Waals surface area contributed by atoms with Crippen LogP contribution in [0.1, 0.15) is 25.8 Å². The standard InChI is InChI=1S/C17H18N2.C2H6.Rb/c1-19-9-7-13-11-17(13,19)16(19)10-12-6-8-18-15-5-3-2-4-14(12)15;1-2;/h2-6,8,11,13,16H,7,9-10H2,1H3;1-2H3;/q;;+1/t13?,16-,17?,19?;;/m1../s1. The average molecular weight is 366 g/mol. The van der Waals surface area contributed by atoms with Crippen LogP contribution in [0.4, 0.5) is 0 Å². The molecule has 3 heteroatoms. The van der Waals surface area contributed by atoms with E-state index in [9.17, 15) is 0 Å². The molecule has 1 aromatic carbocycles. The first-order valence-electron chi connectivity index (χ1n) is 8.30. The molecule has 0 amide bonds. The molecule has 0 bridgehead atoms. The molecule has 5 rings (SSSR count). The first-order chi connectivity index (χ1) is 10.3. The van der Waals surface area contributed by atoms with Crippen LogP contribution in [0, 0.1) is 12.3 Å². The summed E-state index contributed by atoms with van der Waals surface area (Å²) < 4.78 is 1.31. The summed E-state index contributed by atoms with van der Waals surface area (Å²) in [5.41, 5.74) is 3.21. The molecule has 2 aromatic rings. The molecule has 0 N–H and O–H groups in total. The van der Waals surface area contributed by atoms with Gasteiger partial charge in [-0.2, -0.15) is 0 Å². The maximum absolute atomic E-state index is 4.47. The van der Waals surface area contributed by atoms with E-state index in [2.05, 4.69) is 48.8 Å². The summed E-state index contributed by atoms with van der Waals surface area (Å²) in [7, 11) is 2.46. The molecule has 3 unspecified atom stereocenters. The molecule has 22 heavy (non-hydrogen) atoms. The molecule has 1 aliphatic carbocycles. The van der Waals surface area contributed by atoms with Crippen molar-refractivity contribution in [3.8, 4) is 0 Å². The number of pyridine rings is 1. The van der Waals surface area contributed by atoms with E-state index in [4.69, 9.17) is 0 Å². The molecule has 110 valence electrons. The van der Waals surface area contributed by atoms with Crippen LogP contribution in [0.3, 0.4) is 0 Å². The van der Waals surface area contributed by atoms with Gasteiger partial charge >= 0.3 is 58.2 Å². The van der Waals surface area contributed by atoms with Gasteiger partial charge in [0.25, 0.3) is 0 Å². The zero-order valence-electron chi connectivity index (χ0n) is 14.2. The summed E-state index contributed by atoms with van der Waals surface area (Å²) in [6.45, 7) is 5.38. The number of fused-ring (bicyclic) bond motifs is 1. The molecule has 1 aromatic heterocycles. The molecule has 3 fully saturated rings. The van der Waals surface area contributed by atoms with Crippen molar-refractivity contribution in [3.05, 3.63) is 48.5 Å². The minimum Gasteiger partial charge on any atom is -0.338 e. The van der Waals surface area contributed by atoms with Gasteiger partial charge in [-0.25, -0.2) is 0 Å². The predicted octanol–water partition coefficient (Wildman–Crippen LogP) is 0.613. The van der Waals surface area contributed by atoms with Crippen LogP contribution >= 0.6 is 0 Å². The number of nitrogens with zero attached hydrogens (tertiary/aromatic N) is 2. The summed E-state index contributed by atoms with van der Waals surface area (Å²) in [6.07, 6.45) is 7.22. The average Bonchev–Trinajstić information content (AvgIpc) is 3.36. The number of benzene rings is 1. The van der Waals surface area contributed by atoms with Crippen molar-refractivity contribution < 1.29 is 62.7 Å². The zero-order valence-corrected chi connectivity index (χ0v) is 19.1. The second-order valence-corrected chi connectivity index (χ2v) is 6.65. The van der Waals surface area contributed by atoms with Crippen molar-refractivity contribution in [2.75, 3.05) is 13.6 Å². The van der Waals surface area contributed by atoms with E-state index in [-0.39, 0.29) is 58.2 Å². The minimum atomic E-state index is 0. The van der Waals surface area contributed by atoms with Crippen LogP contribution in [0.5, 0.6) is 0 Å². The number of aromatic nitrogens is 1. The number of likely N-dealkylation sites (N-methyl/N-ethyl adjacent to an activating group) is 1. The van der Waals surface area contributed by atoms with Crippen molar-refractivity contribution in [3.63, 3.8) is 0 Å². The van der Waals surface area contributed by atoms with Gasteiger partial charge in [-0.15, -0.1) is 5.92 Å². The number of piperidine rings is 2. The molecule has 1 saturated carbocycles. The van der Waals surface area contributed by atoms with Crippen molar-refractivity contribution >= 4 is 10.9 Å². The summed E-state index contributed by atoms with van der Waals surface area (Å²) in [4.78, 5) is 4.47. The molecule has 1 spiro atoms. The van der Waals surface area contributed by atoms with Gasteiger partial charge in [-0.3, -0.25) is 11.4 Å². The van der Waals surface area contributed by atoms with Crippen molar-refractivity contribution in [2.45, 2.75) is 38.3 Å². The zero-order chi connectivity index (χ0) is 14.7. The number of hydrogen-bond donors (Lipinski definition) is 0. The van der Waals surface area contributed by atoms with Crippen LogP contribution in [-0.2, 0) is 6.42 Å². The molecule has 0 radical (unpaired) electrons. The van der Waals surface area contributed by atoms with E-state index >= 15 is 0 Å². The van der Waals surface area contributed by atoms with Crippen LogP contribution in [0.2, 0.25) is 0 Å². The predicted molar refractivity (Wildman–Crippen MR) is 86.8 cm³/mol. The summed E-state index contributed by atoms with van der Waals surface area (Å²) in [5.74, 6) is 0.926. The SMILES string of the molecule is CC.C[N+]12CCC3[CH-]C31[C@H]2Cc1ccnc2ccccc12.[Rb+]. The monoisotopic (exact) mass is 365 g/mol. The summed E-state index contributed by atoms with van der Waals surface area (Å²) >= 11 is 0. The van der Waals surface area contributed by atoms with Gasteiger partial charge in [0.05, 0.1) is 19.1 Å². The third-order valence-corrected chi connectivity index (χ3v) is 6.05. The topological polar surface area (TPSA) is 12.9 Å². The van der Waals surface area contributed by atoms with Gasteiger partial charge < -0.3 is 4.48 Å². The Balaban J connectivity index is 0.000000463. The Hall–Kier alpha value is 0.395. The fourth-order valence-corrected chi connectivity index (χ4v) is 4.90. The van der Waals surface area contributed by atoms with E-state index < -0.39 is 0 Å². The Morgan fingerprint density at radius 1 is 1.27 bits per heavy atom. The van der Waals surface area contributed by atoms with Crippen molar-refractivity contribution in [1.82, 2.24) is 4.98 Å². The smallest absolute Gasteiger partial charge is 0.338 e. The van der Waals surface area contributed by atoms with Gasteiger partial charge in [0.15, 0.2) is 0 Å². The van der Waals surface area contributed by atoms with E-state index in [1.54, 1.807) is 0 Å². The molecule has 4 atom stereocenters. The second-order valence-electron chi connectivity index (χ2n) is 6.65. The van der Waals surface area contributed by atoms with Gasteiger partial charge in [-0.05, 0) is 24.1 Å². The van der Waals surface area contributed by atoms with Gasteiger partial charge in [0.1, 0.15) is 6.04 Å². The number of para-hydroxylation sites is 1. The Kier molecular flexibility index (Phi) is 4.73. The van der Waals surface area contributed by atoms with Crippen molar-refractivity contribution in [1.29, 1.82) is 0 Å². The van der Waals surface area contributed by atoms with Crippen LogP contribution in [0.15, 0.2) is 36.5 Å². The van der Waals surface area contributed by atoms with Gasteiger partial charge in [0.2, 0.25) is 0 Å². The maximum atomic E-state index is 4.47. The fourth-order valence-electron chi connectivity index (χ4n) is 4.90. The molecule has 3 aliphatic rings. The molecule has 2 aliphatic heterocycles. The molecule has 3 heterocycles. The van der Waals surface area contributed by atoms with Gasteiger partial charge in [0, 0.05) is 23.5 Å². The molecular weight excluding hydrogens is 342 g/mol. The fraction of sp³-hybridized carbons (Fsp3) is 0.474. The third kappa shape index (κ3) is 2.17. The number of rotatable bonds is 2. The summed E-state index contributed by atoms with van der Waals surface area (Å²) in [6, 6.07) is 11.6. The normalized spacial score (nSPS) is 36.5. The van der Waals surface area contributed by atoms with Crippen LogP contribution in [-0.4, -0.2) is 34.6 Å². The van der Waals surface area contributed by atoms with Gasteiger partial charge in [-0.1, -0.05) is 32.0 Å². The molecule has 2 saturated heterocycles. The van der Waals surface area contributed by atoms with Crippen molar-refractivity contribution in [2.24, 2.45) is 5.92 Å². The Labute approximate surface area is 182 Å². The first kappa shape index (κ1) is 17.2. The van der Waals surface area contributed by atoms with E-state index in [0.29, 0.717) is 5.54 Å². The second kappa shape index (κ2) is 6.04. The number of hydrogen-bond acceptors (Lipinski definition) is 1. The summed E-state index contributed by atoms with van der Waals surface area (Å²) in [5, 5.41) is 1.34. The van der Waals surface area contributed by atoms with E-state index in [1.165, 1.54) is 34.8 Å². The first-order valence-corrected chi connectivity index (χ1v) is 8.30. The largest absolute Gasteiger partial charge is 1.00 e. The van der Waals surface area contributed by atoms with E-state index in [1.807, 2.05) is 20.0 Å². The Bertz CT molecular complexity index is 691. The molecular formula is C19H24N2Rb+. The minimum absolute atomic E-state index is 0. The number of quaternary nitrogens is 1. The third-order valence-electron chi connectivity index (χ3n) is 6.05. The maximum Gasteiger partial charge on any atom is 1.00 e. The van der Waals surface area contributed by atoms with E-state index in [0.717, 1.165) is 17.5 Å². The quantitative estimate of drug-likeness (QED) is 0.432. The van der Waals surface area contributed by atoms with Crippen LogP contribution in [0.25, 0.3) is 10.9 Å². The van der Waals surface area contributed by atoms with Crippen LogP contribution < -0.4 is 58.2 Å².